The summed E-state index contributed by atoms with van der Waals surface area (Å²) in [7, 11) is -4.28. The molecule has 1 heterocycles. The third-order valence-corrected chi connectivity index (χ3v) is 7.56. The van der Waals surface area contributed by atoms with Gasteiger partial charge in [0.15, 0.2) is 0 Å². The second-order valence-electron chi connectivity index (χ2n) is 6.73. The summed E-state index contributed by atoms with van der Waals surface area (Å²) >= 11 is 0. The Balaban J connectivity index is 0.000000276. The second kappa shape index (κ2) is 6.75. The average molecular weight is 357 g/mol. The van der Waals surface area contributed by atoms with E-state index >= 15 is 0 Å². The maximum absolute atomic E-state index is 8.49. The largest absolute Gasteiger partial charge is 0.222 e. The van der Waals surface area contributed by atoms with Crippen LogP contribution >= 0.6 is 0 Å². The fraction of sp³-hybridized carbons (Fsp3) is 0.529. The zero-order valence-electron chi connectivity index (χ0n) is 13.0. The summed E-state index contributed by atoms with van der Waals surface area (Å²) in [4.78, 5) is 0. The number of hydrogen-bond donors (Lipinski definition) is 0. The van der Waals surface area contributed by atoms with E-state index in [0.29, 0.717) is 10.9 Å². The van der Waals surface area contributed by atoms with Crippen LogP contribution in [-0.2, 0) is 16.6 Å². The predicted molar refractivity (Wildman–Crippen MR) is 79.7 cm³/mol. The second-order valence-corrected chi connectivity index (χ2v) is 9.67. The van der Waals surface area contributed by atoms with Crippen molar-refractivity contribution in [3.8, 4) is 0 Å². The lowest BCUT2D eigenvalue weighted by Gasteiger charge is -2.17. The Labute approximate surface area is 141 Å². The molecule has 1 saturated carbocycles. The Kier molecular flexibility index (Phi) is 5.06. The molecule has 126 valence electrons. The van der Waals surface area contributed by atoms with Crippen LogP contribution in [-0.4, -0.2) is 11.5 Å². The summed E-state index contributed by atoms with van der Waals surface area (Å²) in [5.41, 5.74) is 2.98. The first-order valence-corrected chi connectivity index (χ1v) is 10.8. The van der Waals surface area contributed by atoms with E-state index in [0.717, 1.165) is 23.7 Å². The molecule has 2 fully saturated rings. The number of fused-ring (bicyclic) bond motifs is 5. The van der Waals surface area contributed by atoms with E-state index in [9.17, 15) is 0 Å². The Morgan fingerprint density at radius 3 is 2.13 bits per heavy atom. The minimum atomic E-state index is -4.94. The fourth-order valence-electron chi connectivity index (χ4n) is 4.29. The van der Waals surface area contributed by atoms with Crippen LogP contribution in [0.15, 0.2) is 36.4 Å². The van der Waals surface area contributed by atoms with Crippen molar-refractivity contribution in [3.63, 3.8) is 0 Å². The van der Waals surface area contributed by atoms with Crippen molar-refractivity contribution in [2.75, 3.05) is 11.5 Å². The lowest BCUT2D eigenvalue weighted by molar-refractivity contribution is -2.00. The molecule has 1 aliphatic heterocycles. The van der Waals surface area contributed by atoms with E-state index in [1.807, 2.05) is 0 Å². The van der Waals surface area contributed by atoms with Crippen LogP contribution in [0.25, 0.3) is 0 Å². The summed E-state index contributed by atoms with van der Waals surface area (Å²) in [6, 6.07) is 9.13. The normalized spacial score (nSPS) is 34.2. The molecule has 2 bridgehead atoms. The number of benzene rings is 1. The van der Waals surface area contributed by atoms with Gasteiger partial charge in [-0.15, -0.1) is 10.2 Å². The molecule has 0 aromatic heterocycles. The van der Waals surface area contributed by atoms with Gasteiger partial charge in [-0.05, 0) is 36.1 Å². The Morgan fingerprint density at radius 1 is 1.04 bits per heavy atom. The monoisotopic (exact) mass is 356 g/mol. The molecule has 4 nitrogen and oxygen atoms in total. The topological polar surface area (TPSA) is 92.2 Å². The van der Waals surface area contributed by atoms with Gasteiger partial charge in [-0.1, -0.05) is 42.0 Å². The van der Waals surface area contributed by atoms with Crippen LogP contribution in [0, 0.1) is 40.8 Å². The van der Waals surface area contributed by atoms with Gasteiger partial charge in [0.2, 0.25) is 0 Å². The van der Waals surface area contributed by atoms with Crippen LogP contribution in [0.4, 0.5) is 0 Å². The van der Waals surface area contributed by atoms with E-state index in [2.05, 4.69) is 43.3 Å². The molecule has 1 aromatic carbocycles. The van der Waals surface area contributed by atoms with Crippen molar-refractivity contribution in [1.29, 1.82) is 0 Å². The molecule has 0 spiro atoms. The Bertz CT molecular complexity index is 560. The van der Waals surface area contributed by atoms with Crippen LogP contribution in [0.5, 0.6) is 0 Å². The summed E-state index contributed by atoms with van der Waals surface area (Å²) in [5, 5.41) is 0. The van der Waals surface area contributed by atoms with Crippen molar-refractivity contribution in [2.45, 2.75) is 19.1 Å². The van der Waals surface area contributed by atoms with Gasteiger partial charge in [-0.2, -0.15) is 0 Å². The van der Waals surface area contributed by atoms with Crippen molar-refractivity contribution in [2.24, 2.45) is 23.7 Å². The highest BCUT2D eigenvalue weighted by molar-refractivity contribution is 7.96. The van der Waals surface area contributed by atoms with Gasteiger partial charge in [-0.25, -0.2) is 18.6 Å². The van der Waals surface area contributed by atoms with Crippen LogP contribution in [0.2, 0.25) is 0 Å². The zero-order chi connectivity index (χ0) is 16.6. The number of rotatable bonds is 2. The molecule has 0 amide bonds. The summed E-state index contributed by atoms with van der Waals surface area (Å²) in [5.74, 6) is 8.38. The van der Waals surface area contributed by atoms with Gasteiger partial charge in [0.05, 0.1) is 0 Å². The molecule has 2 aliphatic carbocycles. The average Bonchev–Trinajstić information content (AvgIpc) is 3.07. The lowest BCUT2D eigenvalue weighted by atomic mass is 9.86. The molecule has 4 rings (SSSR count). The van der Waals surface area contributed by atoms with Gasteiger partial charge in [0, 0.05) is 17.4 Å². The highest BCUT2D eigenvalue weighted by atomic mass is 35.7. The van der Waals surface area contributed by atoms with Gasteiger partial charge in [-0.3, -0.25) is 0 Å². The molecule has 1 unspecified atom stereocenters. The predicted octanol–water partition coefficient (Wildman–Crippen LogP) is -1.19. The number of hydrogen-bond acceptors (Lipinski definition) is 4. The fourth-order valence-corrected chi connectivity index (χ4v) is 7.39. The molecular weight excluding hydrogens is 336 g/mol. The molecule has 23 heavy (non-hydrogen) atoms. The molecule has 0 radical (unpaired) electrons. The third kappa shape index (κ3) is 4.50. The van der Waals surface area contributed by atoms with Gasteiger partial charge >= 0.3 is 0 Å². The maximum Gasteiger partial charge on any atom is 0.133 e. The molecule has 0 N–H and O–H groups in total. The van der Waals surface area contributed by atoms with E-state index < -0.39 is 10.2 Å². The first kappa shape index (κ1) is 17.3. The molecule has 6 heteroatoms. The quantitative estimate of drug-likeness (QED) is 0.492. The van der Waals surface area contributed by atoms with Gasteiger partial charge in [0.1, 0.15) is 17.3 Å². The number of halogens is 1. The highest BCUT2D eigenvalue weighted by Crippen LogP contribution is 2.52. The first-order chi connectivity index (χ1) is 10.8. The van der Waals surface area contributed by atoms with Gasteiger partial charge in [0.25, 0.3) is 0 Å². The number of aryl methyl sites for hydroxylation is 1. The molecule has 1 saturated heterocycles. The molecule has 3 aliphatic rings. The molecular formula is C17H21ClO4S. The van der Waals surface area contributed by atoms with Crippen LogP contribution < -0.4 is 18.6 Å². The Morgan fingerprint density at radius 2 is 1.61 bits per heavy atom. The van der Waals surface area contributed by atoms with Crippen molar-refractivity contribution in [3.05, 3.63) is 47.5 Å². The van der Waals surface area contributed by atoms with E-state index in [1.54, 1.807) is 5.56 Å². The van der Waals surface area contributed by atoms with E-state index in [-0.39, 0.29) is 0 Å². The maximum atomic E-state index is 8.49. The molecule has 1 aromatic rings. The SMILES string of the molecule is Cc1cccc(C[S+]2C[C@@H]3[C@H](C2)[C@@H]2C=C[C@H]3C2)c1.[O-][Cl+3]([O-])([O-])[O-]. The van der Waals surface area contributed by atoms with Gasteiger partial charge < -0.3 is 0 Å². The smallest absolute Gasteiger partial charge is 0.133 e. The zero-order valence-corrected chi connectivity index (χ0v) is 14.6. The highest BCUT2D eigenvalue weighted by Gasteiger charge is 2.54. The van der Waals surface area contributed by atoms with E-state index in [4.69, 9.17) is 18.6 Å². The van der Waals surface area contributed by atoms with E-state index in [1.165, 1.54) is 29.2 Å². The minimum absolute atomic E-state index is 0.663. The first-order valence-electron chi connectivity index (χ1n) is 7.79. The van der Waals surface area contributed by atoms with Crippen LogP contribution in [0.3, 0.4) is 0 Å². The Hall–Kier alpha value is -0.560. The lowest BCUT2D eigenvalue weighted by Crippen LogP contribution is -2.68. The summed E-state index contributed by atoms with van der Waals surface area (Å²) in [6.45, 7) is 2.21. The van der Waals surface area contributed by atoms with Crippen molar-refractivity contribution < 1.29 is 28.9 Å². The van der Waals surface area contributed by atoms with Crippen molar-refractivity contribution in [1.82, 2.24) is 0 Å². The summed E-state index contributed by atoms with van der Waals surface area (Å²) < 4.78 is 34.0. The van der Waals surface area contributed by atoms with Crippen LogP contribution in [0.1, 0.15) is 17.5 Å². The summed E-state index contributed by atoms with van der Waals surface area (Å²) in [6.07, 6.45) is 6.52. The molecule has 5 atom stereocenters. The standard InChI is InChI=1S/C17H21S.ClHO4/c1-12-3-2-4-13(7-12)9-18-10-16-14-5-6-15(8-14)17(16)11-18;2-1(3,4)5/h2-7,14-17H,8-11H2,1H3;(H,2,3,4,5)/q+1;/p-1/t14-,15+,16-,17+,18?;. The third-order valence-electron chi connectivity index (χ3n) is 5.11. The number of allylic oxidation sites excluding steroid dienone is 2. The van der Waals surface area contributed by atoms with Crippen molar-refractivity contribution >= 4 is 10.9 Å². The minimum Gasteiger partial charge on any atom is -0.222 e.